The summed E-state index contributed by atoms with van der Waals surface area (Å²) in [6.07, 6.45) is 6.71. The molecular weight excluding hydrogens is 222 g/mol. The highest BCUT2D eigenvalue weighted by atomic mass is 16.5. The third kappa shape index (κ3) is 2.26. The van der Waals surface area contributed by atoms with Crippen LogP contribution in [0.5, 0.6) is 5.75 Å². The standard InChI is InChI=1S/C16H23NO/c1-18-14-6-3-11(4-7-14)10-16(17)15-9-12-2-5-13(15)8-12/h3-4,6-7,12-13,15-16H,2,5,8-10,17H2,1H3. The van der Waals surface area contributed by atoms with Crippen LogP contribution in [-0.2, 0) is 6.42 Å². The lowest BCUT2D eigenvalue weighted by Crippen LogP contribution is -2.35. The van der Waals surface area contributed by atoms with Crippen molar-refractivity contribution in [1.82, 2.24) is 0 Å². The van der Waals surface area contributed by atoms with Gasteiger partial charge in [-0.05, 0) is 61.1 Å². The summed E-state index contributed by atoms with van der Waals surface area (Å²) in [6.45, 7) is 0. The molecule has 0 aliphatic heterocycles. The molecule has 1 aromatic rings. The molecule has 2 aliphatic rings. The minimum atomic E-state index is 0.341. The van der Waals surface area contributed by atoms with E-state index in [0.717, 1.165) is 29.9 Å². The maximum Gasteiger partial charge on any atom is 0.118 e. The SMILES string of the molecule is COc1ccc(CC(N)C2CC3CCC2C3)cc1. The van der Waals surface area contributed by atoms with Gasteiger partial charge in [-0.3, -0.25) is 0 Å². The van der Waals surface area contributed by atoms with Crippen LogP contribution < -0.4 is 10.5 Å². The molecule has 0 aromatic heterocycles. The van der Waals surface area contributed by atoms with Gasteiger partial charge >= 0.3 is 0 Å². The largest absolute Gasteiger partial charge is 0.497 e. The van der Waals surface area contributed by atoms with Crippen LogP contribution in [0.1, 0.15) is 31.2 Å². The van der Waals surface area contributed by atoms with E-state index in [1.165, 1.54) is 31.2 Å². The van der Waals surface area contributed by atoms with Crippen molar-refractivity contribution >= 4 is 0 Å². The summed E-state index contributed by atoms with van der Waals surface area (Å²) in [7, 11) is 1.70. The third-order valence-corrected chi connectivity index (χ3v) is 4.97. The smallest absolute Gasteiger partial charge is 0.118 e. The Labute approximate surface area is 110 Å². The van der Waals surface area contributed by atoms with Gasteiger partial charge in [-0.25, -0.2) is 0 Å². The van der Waals surface area contributed by atoms with Gasteiger partial charge in [-0.2, -0.15) is 0 Å². The van der Waals surface area contributed by atoms with E-state index in [1.54, 1.807) is 7.11 Å². The molecule has 2 N–H and O–H groups in total. The zero-order valence-corrected chi connectivity index (χ0v) is 11.1. The van der Waals surface area contributed by atoms with E-state index in [9.17, 15) is 0 Å². The summed E-state index contributed by atoms with van der Waals surface area (Å²) in [5.41, 5.74) is 7.78. The lowest BCUT2D eigenvalue weighted by atomic mass is 9.81. The van der Waals surface area contributed by atoms with Crippen LogP contribution in [-0.4, -0.2) is 13.2 Å². The van der Waals surface area contributed by atoms with Gasteiger partial charge < -0.3 is 10.5 Å². The molecule has 0 saturated heterocycles. The lowest BCUT2D eigenvalue weighted by molar-refractivity contribution is 0.280. The summed E-state index contributed by atoms with van der Waals surface area (Å²) in [5, 5.41) is 0. The number of hydrogen-bond acceptors (Lipinski definition) is 2. The Morgan fingerprint density at radius 1 is 1.22 bits per heavy atom. The van der Waals surface area contributed by atoms with E-state index in [2.05, 4.69) is 12.1 Å². The van der Waals surface area contributed by atoms with Crippen molar-refractivity contribution in [3.8, 4) is 5.75 Å². The van der Waals surface area contributed by atoms with Crippen LogP contribution in [0, 0.1) is 17.8 Å². The fourth-order valence-electron chi connectivity index (χ4n) is 4.00. The zero-order valence-electron chi connectivity index (χ0n) is 11.1. The molecule has 4 atom stereocenters. The monoisotopic (exact) mass is 245 g/mol. The van der Waals surface area contributed by atoms with Crippen molar-refractivity contribution in [2.24, 2.45) is 23.5 Å². The fourth-order valence-corrected chi connectivity index (χ4v) is 4.00. The van der Waals surface area contributed by atoms with E-state index >= 15 is 0 Å². The molecule has 18 heavy (non-hydrogen) atoms. The zero-order chi connectivity index (χ0) is 12.5. The first-order valence-corrected chi connectivity index (χ1v) is 7.15. The van der Waals surface area contributed by atoms with Gasteiger partial charge in [0.1, 0.15) is 5.75 Å². The van der Waals surface area contributed by atoms with Gasteiger partial charge in [0.15, 0.2) is 0 Å². The average Bonchev–Trinajstić information content (AvgIpc) is 3.02. The number of rotatable bonds is 4. The first kappa shape index (κ1) is 12.0. The molecule has 0 spiro atoms. The molecule has 3 rings (SSSR count). The molecular formula is C16H23NO. The molecule has 2 heteroatoms. The highest BCUT2D eigenvalue weighted by Crippen LogP contribution is 2.49. The Hall–Kier alpha value is -1.02. The Balaban J connectivity index is 1.61. The Morgan fingerprint density at radius 3 is 2.56 bits per heavy atom. The molecule has 2 saturated carbocycles. The Bertz CT molecular complexity index is 400. The molecule has 4 unspecified atom stereocenters. The van der Waals surface area contributed by atoms with Gasteiger partial charge in [0, 0.05) is 6.04 Å². The summed E-state index contributed by atoms with van der Waals surface area (Å²) in [4.78, 5) is 0. The van der Waals surface area contributed by atoms with Gasteiger partial charge in [0.2, 0.25) is 0 Å². The number of ether oxygens (including phenoxy) is 1. The number of hydrogen-bond donors (Lipinski definition) is 1. The second-order valence-corrected chi connectivity index (χ2v) is 6.05. The Morgan fingerprint density at radius 2 is 2.00 bits per heavy atom. The molecule has 0 heterocycles. The molecule has 1 aromatic carbocycles. The summed E-state index contributed by atoms with van der Waals surface area (Å²) < 4.78 is 5.18. The summed E-state index contributed by atoms with van der Waals surface area (Å²) in [6, 6.07) is 8.69. The maximum absolute atomic E-state index is 6.44. The van der Waals surface area contributed by atoms with Crippen LogP contribution in [0.25, 0.3) is 0 Å². The predicted octanol–water partition coefficient (Wildman–Crippen LogP) is 3.00. The first-order chi connectivity index (χ1) is 8.76. The van der Waals surface area contributed by atoms with Crippen molar-refractivity contribution in [3.05, 3.63) is 29.8 Å². The molecule has 98 valence electrons. The van der Waals surface area contributed by atoms with Crippen molar-refractivity contribution in [1.29, 1.82) is 0 Å². The van der Waals surface area contributed by atoms with E-state index in [-0.39, 0.29) is 0 Å². The molecule has 2 fully saturated rings. The van der Waals surface area contributed by atoms with Gasteiger partial charge in [0.25, 0.3) is 0 Å². The lowest BCUT2D eigenvalue weighted by Gasteiger charge is -2.27. The summed E-state index contributed by atoms with van der Waals surface area (Å²) >= 11 is 0. The van der Waals surface area contributed by atoms with E-state index in [0.29, 0.717) is 6.04 Å². The first-order valence-electron chi connectivity index (χ1n) is 7.15. The Kier molecular flexibility index (Phi) is 3.29. The van der Waals surface area contributed by atoms with Crippen LogP contribution in [0.4, 0.5) is 0 Å². The molecule has 0 radical (unpaired) electrons. The van der Waals surface area contributed by atoms with Crippen molar-refractivity contribution in [2.75, 3.05) is 7.11 Å². The van der Waals surface area contributed by atoms with Crippen LogP contribution in [0.15, 0.2) is 24.3 Å². The minimum absolute atomic E-state index is 0.341. The quantitative estimate of drug-likeness (QED) is 0.885. The van der Waals surface area contributed by atoms with Crippen molar-refractivity contribution in [2.45, 2.75) is 38.1 Å². The molecule has 2 nitrogen and oxygen atoms in total. The van der Waals surface area contributed by atoms with E-state index in [4.69, 9.17) is 10.5 Å². The van der Waals surface area contributed by atoms with Crippen LogP contribution in [0.3, 0.4) is 0 Å². The molecule has 2 bridgehead atoms. The highest BCUT2D eigenvalue weighted by Gasteiger charge is 2.41. The van der Waals surface area contributed by atoms with Gasteiger partial charge in [-0.1, -0.05) is 18.6 Å². The molecule has 0 amide bonds. The predicted molar refractivity (Wildman–Crippen MR) is 73.6 cm³/mol. The fraction of sp³-hybridized carbons (Fsp3) is 0.625. The van der Waals surface area contributed by atoms with Crippen LogP contribution >= 0.6 is 0 Å². The van der Waals surface area contributed by atoms with Gasteiger partial charge in [-0.15, -0.1) is 0 Å². The number of nitrogens with two attached hydrogens (primary N) is 1. The second-order valence-electron chi connectivity index (χ2n) is 6.05. The number of methoxy groups -OCH3 is 1. The number of fused-ring (bicyclic) bond motifs is 2. The summed E-state index contributed by atoms with van der Waals surface area (Å²) in [5.74, 6) is 3.60. The van der Waals surface area contributed by atoms with E-state index in [1.807, 2.05) is 12.1 Å². The van der Waals surface area contributed by atoms with Crippen molar-refractivity contribution in [3.63, 3.8) is 0 Å². The average molecular weight is 245 g/mol. The maximum atomic E-state index is 6.44. The highest BCUT2D eigenvalue weighted by molar-refractivity contribution is 5.27. The molecule has 2 aliphatic carbocycles. The third-order valence-electron chi connectivity index (χ3n) is 4.97. The number of benzene rings is 1. The normalized spacial score (nSPS) is 31.6. The van der Waals surface area contributed by atoms with Gasteiger partial charge in [0.05, 0.1) is 7.11 Å². The minimum Gasteiger partial charge on any atom is -0.497 e. The van der Waals surface area contributed by atoms with Crippen LogP contribution in [0.2, 0.25) is 0 Å². The topological polar surface area (TPSA) is 35.2 Å². The van der Waals surface area contributed by atoms with Crippen molar-refractivity contribution < 1.29 is 4.74 Å². The second kappa shape index (κ2) is 4.93. The van der Waals surface area contributed by atoms with E-state index < -0.39 is 0 Å².